The molecule has 1 atom stereocenters. The summed E-state index contributed by atoms with van der Waals surface area (Å²) in [6, 6.07) is 10.8. The molecule has 0 aliphatic heterocycles. The summed E-state index contributed by atoms with van der Waals surface area (Å²) in [5.41, 5.74) is 4.14. The highest BCUT2D eigenvalue weighted by Gasteiger charge is 2.02. The highest BCUT2D eigenvalue weighted by atomic mass is 15.2. The summed E-state index contributed by atoms with van der Waals surface area (Å²) in [5, 5.41) is 0. The van der Waals surface area contributed by atoms with Crippen molar-refractivity contribution in [1.29, 1.82) is 0 Å². The maximum Gasteiger partial charge on any atom is 0.0248 e. The molecule has 0 unspecified atom stereocenters. The van der Waals surface area contributed by atoms with Crippen molar-refractivity contribution in [2.75, 3.05) is 0 Å². The molecule has 0 bridgehead atoms. The quantitative estimate of drug-likeness (QED) is 0.522. The largest absolute Gasteiger partial charge is 0.271 e. The summed E-state index contributed by atoms with van der Waals surface area (Å²) in [7, 11) is 0. The van der Waals surface area contributed by atoms with Gasteiger partial charge in [0.1, 0.15) is 0 Å². The Morgan fingerprint density at radius 3 is 2.50 bits per heavy atom. The number of rotatable bonds is 4. The maximum atomic E-state index is 5.38. The number of hydrogen-bond donors (Lipinski definition) is 2. The van der Waals surface area contributed by atoms with Gasteiger partial charge in [-0.2, -0.15) is 0 Å². The van der Waals surface area contributed by atoms with E-state index in [-0.39, 0.29) is 0 Å². The molecule has 0 amide bonds. The van der Waals surface area contributed by atoms with Crippen LogP contribution in [0.3, 0.4) is 0 Å². The molecule has 3 N–H and O–H groups in total. The van der Waals surface area contributed by atoms with Crippen molar-refractivity contribution in [2.45, 2.75) is 25.8 Å². The molecule has 0 heterocycles. The van der Waals surface area contributed by atoms with Gasteiger partial charge >= 0.3 is 0 Å². The first-order chi connectivity index (χ1) is 5.86. The van der Waals surface area contributed by atoms with E-state index in [1.165, 1.54) is 5.56 Å². The number of nitrogens with two attached hydrogens (primary N) is 1. The van der Waals surface area contributed by atoms with E-state index >= 15 is 0 Å². The summed E-state index contributed by atoms with van der Waals surface area (Å²) in [6.07, 6.45) is 2.07. The zero-order valence-corrected chi connectivity index (χ0v) is 7.46. The van der Waals surface area contributed by atoms with E-state index in [1.54, 1.807) is 0 Å². The van der Waals surface area contributed by atoms with Gasteiger partial charge in [0, 0.05) is 6.04 Å². The number of nitrogens with one attached hydrogen (secondary N) is 1. The van der Waals surface area contributed by atoms with E-state index in [1.807, 2.05) is 6.07 Å². The third-order valence-corrected chi connectivity index (χ3v) is 2.05. The minimum Gasteiger partial charge on any atom is -0.271 e. The van der Waals surface area contributed by atoms with E-state index in [9.17, 15) is 0 Å². The Bertz CT molecular complexity index is 204. The number of hydrogen-bond acceptors (Lipinski definition) is 2. The Morgan fingerprint density at radius 2 is 2.00 bits per heavy atom. The van der Waals surface area contributed by atoms with Crippen LogP contribution >= 0.6 is 0 Å². The van der Waals surface area contributed by atoms with Gasteiger partial charge in [0.2, 0.25) is 0 Å². The Hall–Kier alpha value is -0.860. The molecular weight excluding hydrogens is 148 g/mol. The first-order valence-corrected chi connectivity index (χ1v) is 4.37. The van der Waals surface area contributed by atoms with Crippen molar-refractivity contribution >= 4 is 0 Å². The molecule has 0 spiro atoms. The summed E-state index contributed by atoms with van der Waals surface area (Å²) in [5.74, 6) is 5.38. The molecule has 0 fully saturated rings. The van der Waals surface area contributed by atoms with E-state index in [0.717, 1.165) is 12.8 Å². The van der Waals surface area contributed by atoms with Crippen LogP contribution in [0.2, 0.25) is 0 Å². The molecule has 1 aromatic rings. The summed E-state index contributed by atoms with van der Waals surface area (Å²) in [4.78, 5) is 0. The molecule has 1 rings (SSSR count). The monoisotopic (exact) mass is 164 g/mol. The lowest BCUT2D eigenvalue weighted by Gasteiger charge is -2.12. The molecule has 0 aliphatic rings. The SMILES string of the molecule is CC[C@H](Cc1ccccc1)NN. The second kappa shape index (κ2) is 4.91. The van der Waals surface area contributed by atoms with Gasteiger partial charge in [0.15, 0.2) is 0 Å². The van der Waals surface area contributed by atoms with Crippen LogP contribution in [0.25, 0.3) is 0 Å². The van der Waals surface area contributed by atoms with E-state index in [2.05, 4.69) is 36.6 Å². The van der Waals surface area contributed by atoms with Gasteiger partial charge in [-0.25, -0.2) is 0 Å². The smallest absolute Gasteiger partial charge is 0.0248 e. The van der Waals surface area contributed by atoms with E-state index in [4.69, 9.17) is 5.84 Å². The van der Waals surface area contributed by atoms with Crippen molar-refractivity contribution in [3.8, 4) is 0 Å². The summed E-state index contributed by atoms with van der Waals surface area (Å²) in [6.45, 7) is 2.13. The van der Waals surface area contributed by atoms with Crippen molar-refractivity contribution in [2.24, 2.45) is 5.84 Å². The predicted octanol–water partition coefficient (Wildman–Crippen LogP) is 1.47. The molecule has 1 aromatic carbocycles. The van der Waals surface area contributed by atoms with Gasteiger partial charge in [-0.3, -0.25) is 11.3 Å². The third-order valence-electron chi connectivity index (χ3n) is 2.05. The van der Waals surface area contributed by atoms with Gasteiger partial charge in [0.25, 0.3) is 0 Å². The van der Waals surface area contributed by atoms with Crippen LogP contribution in [0, 0.1) is 0 Å². The minimum atomic E-state index is 0.396. The first kappa shape index (κ1) is 9.23. The molecule has 0 saturated carbocycles. The zero-order chi connectivity index (χ0) is 8.81. The average Bonchev–Trinajstić information content (AvgIpc) is 2.16. The fourth-order valence-electron chi connectivity index (χ4n) is 1.22. The number of benzene rings is 1. The van der Waals surface area contributed by atoms with Crippen LogP contribution in [-0.2, 0) is 6.42 Å². The van der Waals surface area contributed by atoms with Gasteiger partial charge in [-0.15, -0.1) is 0 Å². The molecule has 0 aromatic heterocycles. The van der Waals surface area contributed by atoms with Crippen LogP contribution in [0.5, 0.6) is 0 Å². The highest BCUT2D eigenvalue weighted by Crippen LogP contribution is 2.04. The fourth-order valence-corrected chi connectivity index (χ4v) is 1.22. The van der Waals surface area contributed by atoms with Crippen LogP contribution in [0.4, 0.5) is 0 Å². The lowest BCUT2D eigenvalue weighted by Crippen LogP contribution is -2.36. The highest BCUT2D eigenvalue weighted by molar-refractivity contribution is 5.15. The Morgan fingerprint density at radius 1 is 1.33 bits per heavy atom. The predicted molar refractivity (Wildman–Crippen MR) is 51.5 cm³/mol. The van der Waals surface area contributed by atoms with Crippen LogP contribution in [-0.4, -0.2) is 6.04 Å². The number of hydrazine groups is 1. The Balaban J connectivity index is 2.51. The molecule has 12 heavy (non-hydrogen) atoms. The molecular formula is C10H16N2. The summed E-state index contributed by atoms with van der Waals surface area (Å²) >= 11 is 0. The molecule has 2 nitrogen and oxygen atoms in total. The van der Waals surface area contributed by atoms with Crippen molar-refractivity contribution in [3.05, 3.63) is 35.9 Å². The standard InChI is InChI=1S/C10H16N2/c1-2-10(12-11)8-9-6-4-3-5-7-9/h3-7,10,12H,2,8,11H2,1H3/t10-/m1/s1. The molecule has 2 heteroatoms. The zero-order valence-electron chi connectivity index (χ0n) is 7.46. The second-order valence-corrected chi connectivity index (χ2v) is 2.96. The minimum absolute atomic E-state index is 0.396. The second-order valence-electron chi connectivity index (χ2n) is 2.96. The van der Waals surface area contributed by atoms with Gasteiger partial charge < -0.3 is 0 Å². The van der Waals surface area contributed by atoms with Crippen molar-refractivity contribution in [1.82, 2.24) is 5.43 Å². The average molecular weight is 164 g/mol. The van der Waals surface area contributed by atoms with Crippen LogP contribution in [0.1, 0.15) is 18.9 Å². The topological polar surface area (TPSA) is 38.0 Å². The van der Waals surface area contributed by atoms with E-state index in [0.29, 0.717) is 6.04 Å². The Kier molecular flexibility index (Phi) is 3.77. The molecule has 0 radical (unpaired) electrons. The Labute approximate surface area is 73.8 Å². The maximum absolute atomic E-state index is 5.38. The molecule has 66 valence electrons. The van der Waals surface area contributed by atoms with Gasteiger partial charge in [0.05, 0.1) is 0 Å². The van der Waals surface area contributed by atoms with Crippen LogP contribution in [0.15, 0.2) is 30.3 Å². The van der Waals surface area contributed by atoms with Crippen molar-refractivity contribution in [3.63, 3.8) is 0 Å². The van der Waals surface area contributed by atoms with Gasteiger partial charge in [-0.1, -0.05) is 37.3 Å². The fraction of sp³-hybridized carbons (Fsp3) is 0.400. The van der Waals surface area contributed by atoms with Crippen molar-refractivity contribution < 1.29 is 0 Å². The third kappa shape index (κ3) is 2.64. The first-order valence-electron chi connectivity index (χ1n) is 4.37. The summed E-state index contributed by atoms with van der Waals surface area (Å²) < 4.78 is 0. The molecule has 0 saturated heterocycles. The molecule has 0 aliphatic carbocycles. The van der Waals surface area contributed by atoms with Gasteiger partial charge in [-0.05, 0) is 18.4 Å². The normalized spacial score (nSPS) is 12.8. The van der Waals surface area contributed by atoms with E-state index < -0.39 is 0 Å². The lowest BCUT2D eigenvalue weighted by atomic mass is 10.1. The van der Waals surface area contributed by atoms with Crippen LogP contribution < -0.4 is 11.3 Å². The lowest BCUT2D eigenvalue weighted by molar-refractivity contribution is 0.511.